The second-order valence-corrected chi connectivity index (χ2v) is 8.56. The lowest BCUT2D eigenvalue weighted by Crippen LogP contribution is -2.24. The Morgan fingerprint density at radius 2 is 2.22 bits per heavy atom. The highest BCUT2D eigenvalue weighted by molar-refractivity contribution is 7.99. The zero-order valence-corrected chi connectivity index (χ0v) is 16.7. The van der Waals surface area contributed by atoms with E-state index in [4.69, 9.17) is 0 Å². The molecule has 0 aliphatic rings. The number of aryl methyl sites for hydroxylation is 1. The van der Waals surface area contributed by atoms with Gasteiger partial charge in [-0.25, -0.2) is 10.4 Å². The first-order valence-electron chi connectivity index (χ1n) is 8.02. The number of nitrogens with one attached hydrogen (secondary N) is 1. The molecule has 0 fully saturated rings. The van der Waals surface area contributed by atoms with Crippen LogP contribution in [0.2, 0.25) is 0 Å². The number of thioether (sulfide) groups is 1. The molecule has 3 aromatic heterocycles. The molecule has 0 bridgehead atoms. The normalized spacial score (nSPS) is 12.1. The fraction of sp³-hybridized carbons (Fsp3) is 0.176. The molecule has 138 valence electrons. The molecule has 1 N–H and O–H groups in total. The predicted molar refractivity (Wildman–Crippen MR) is 110 cm³/mol. The third-order valence-electron chi connectivity index (χ3n) is 3.83. The number of aromatic nitrogens is 3. The molecule has 0 aliphatic carbocycles. The second kappa shape index (κ2) is 7.67. The number of carbonyl (C=O) groups excluding carboxylic acids is 1. The van der Waals surface area contributed by atoms with Gasteiger partial charge in [0.05, 0.1) is 21.7 Å². The van der Waals surface area contributed by atoms with Crippen molar-refractivity contribution < 1.29 is 4.79 Å². The molecule has 10 heteroatoms. The first kappa shape index (κ1) is 18.0. The van der Waals surface area contributed by atoms with Crippen LogP contribution in [0.1, 0.15) is 5.69 Å². The smallest absolute Gasteiger partial charge is 0.258 e. The minimum atomic E-state index is -0.189. The first-order valence-corrected chi connectivity index (χ1v) is 10.9. The molecule has 3 heterocycles. The van der Waals surface area contributed by atoms with E-state index in [0.29, 0.717) is 16.4 Å². The summed E-state index contributed by atoms with van der Waals surface area (Å²) >= 11 is 4.33. The Balaban J connectivity index is 1.37. The lowest BCUT2D eigenvalue weighted by atomic mass is 10.3. The van der Waals surface area contributed by atoms with Gasteiger partial charge in [-0.05, 0) is 12.1 Å². The van der Waals surface area contributed by atoms with E-state index >= 15 is 0 Å². The molecule has 7 nitrogen and oxygen atoms in total. The molecule has 4 rings (SSSR count). The van der Waals surface area contributed by atoms with Gasteiger partial charge in [0.15, 0.2) is 4.96 Å². The fourth-order valence-corrected chi connectivity index (χ4v) is 4.97. The van der Waals surface area contributed by atoms with Crippen molar-refractivity contribution in [2.24, 2.45) is 12.1 Å². The third kappa shape index (κ3) is 3.82. The van der Waals surface area contributed by atoms with Crippen molar-refractivity contribution in [1.82, 2.24) is 19.4 Å². The van der Waals surface area contributed by atoms with Gasteiger partial charge in [0.2, 0.25) is 10.7 Å². The summed E-state index contributed by atoms with van der Waals surface area (Å²) in [6.45, 7) is 0. The van der Waals surface area contributed by atoms with Crippen LogP contribution in [0.4, 0.5) is 0 Å². The van der Waals surface area contributed by atoms with E-state index in [1.165, 1.54) is 44.9 Å². The van der Waals surface area contributed by atoms with Crippen molar-refractivity contribution >= 4 is 55.5 Å². The van der Waals surface area contributed by atoms with Crippen LogP contribution in [0, 0.1) is 0 Å². The molecule has 1 amide bonds. The SMILES string of the molecule is Cn1/c(=N/NC(=O)CSCc2cc(=O)n3ccsc3n2)sc2ccccc21. The number of thiazole rings is 2. The lowest BCUT2D eigenvalue weighted by Gasteiger charge is -2.01. The maximum atomic E-state index is 12.1. The zero-order chi connectivity index (χ0) is 18.8. The molecule has 1 aromatic carbocycles. The lowest BCUT2D eigenvalue weighted by molar-refractivity contribution is -0.118. The Kier molecular flexibility index (Phi) is 5.10. The summed E-state index contributed by atoms with van der Waals surface area (Å²) in [6, 6.07) is 9.50. The molecule has 4 aromatic rings. The van der Waals surface area contributed by atoms with Gasteiger partial charge in [0.1, 0.15) is 0 Å². The summed E-state index contributed by atoms with van der Waals surface area (Å²) < 4.78 is 4.57. The molecule has 27 heavy (non-hydrogen) atoms. The van der Waals surface area contributed by atoms with Crippen molar-refractivity contribution in [3.8, 4) is 0 Å². The molecule has 0 spiro atoms. The van der Waals surface area contributed by atoms with Gasteiger partial charge in [0.25, 0.3) is 5.56 Å². The average Bonchev–Trinajstić information content (AvgIpc) is 3.25. The number of benzene rings is 1. The third-order valence-corrected chi connectivity index (χ3v) is 6.67. The number of fused-ring (bicyclic) bond motifs is 2. The van der Waals surface area contributed by atoms with E-state index in [0.717, 1.165) is 15.0 Å². The number of carbonyl (C=O) groups is 1. The summed E-state index contributed by atoms with van der Waals surface area (Å²) in [7, 11) is 1.92. The number of nitrogens with zero attached hydrogens (tertiary/aromatic N) is 4. The van der Waals surface area contributed by atoms with Crippen LogP contribution in [-0.4, -0.2) is 25.6 Å². The number of rotatable bonds is 5. The highest BCUT2D eigenvalue weighted by Gasteiger charge is 2.06. The largest absolute Gasteiger partial charge is 0.318 e. The highest BCUT2D eigenvalue weighted by Crippen LogP contribution is 2.15. The standard InChI is InChI=1S/C17H15N5O2S3/c1-21-12-4-2-3-5-13(12)27-17(21)20-19-14(23)10-25-9-11-8-15(24)22-6-7-26-16(22)18-11/h2-8H,9-10H2,1H3,(H,19,23)/b20-17-. The maximum Gasteiger partial charge on any atom is 0.258 e. The molecular formula is C17H15N5O2S3. The second-order valence-electron chi connectivity index (χ2n) is 5.69. The summed E-state index contributed by atoms with van der Waals surface area (Å²) in [5.74, 6) is 0.545. The van der Waals surface area contributed by atoms with E-state index < -0.39 is 0 Å². The molecule has 0 saturated carbocycles. The number of amides is 1. The molecular weight excluding hydrogens is 402 g/mol. The van der Waals surface area contributed by atoms with Crippen LogP contribution in [0.3, 0.4) is 0 Å². The van der Waals surface area contributed by atoms with Crippen LogP contribution in [0.25, 0.3) is 15.2 Å². The Bertz CT molecular complexity index is 1250. The summed E-state index contributed by atoms with van der Waals surface area (Å²) in [4.78, 5) is 29.8. The van der Waals surface area contributed by atoms with Crippen LogP contribution in [-0.2, 0) is 17.6 Å². The van der Waals surface area contributed by atoms with Gasteiger partial charge in [-0.3, -0.25) is 14.0 Å². The topological polar surface area (TPSA) is 80.8 Å². The van der Waals surface area contributed by atoms with Crippen LogP contribution < -0.4 is 15.8 Å². The fourth-order valence-electron chi connectivity index (χ4n) is 2.54. The van der Waals surface area contributed by atoms with Gasteiger partial charge in [-0.15, -0.1) is 28.2 Å². The van der Waals surface area contributed by atoms with Crippen molar-refractivity contribution in [2.75, 3.05) is 5.75 Å². The van der Waals surface area contributed by atoms with Gasteiger partial charge < -0.3 is 4.57 Å². The van der Waals surface area contributed by atoms with Gasteiger partial charge in [0, 0.05) is 30.4 Å². The van der Waals surface area contributed by atoms with Crippen molar-refractivity contribution in [3.63, 3.8) is 0 Å². The molecule has 0 unspecified atom stereocenters. The average molecular weight is 418 g/mol. The molecule has 0 atom stereocenters. The van der Waals surface area contributed by atoms with Gasteiger partial charge in [-0.2, -0.15) is 0 Å². The Hall–Kier alpha value is -2.43. The number of hydrogen-bond donors (Lipinski definition) is 1. The van der Waals surface area contributed by atoms with Crippen molar-refractivity contribution in [1.29, 1.82) is 0 Å². The van der Waals surface area contributed by atoms with E-state index in [1.807, 2.05) is 41.3 Å². The van der Waals surface area contributed by atoms with Crippen LogP contribution in [0.5, 0.6) is 0 Å². The minimum Gasteiger partial charge on any atom is -0.318 e. The Morgan fingerprint density at radius 3 is 3.07 bits per heavy atom. The van der Waals surface area contributed by atoms with Gasteiger partial charge in [-0.1, -0.05) is 23.5 Å². The van der Waals surface area contributed by atoms with Crippen LogP contribution >= 0.6 is 34.4 Å². The number of para-hydroxylation sites is 1. The van der Waals surface area contributed by atoms with Crippen LogP contribution in [0.15, 0.2) is 51.8 Å². The predicted octanol–water partition coefficient (Wildman–Crippen LogP) is 2.17. The maximum absolute atomic E-state index is 12.1. The zero-order valence-electron chi connectivity index (χ0n) is 14.3. The summed E-state index contributed by atoms with van der Waals surface area (Å²) in [5, 5.41) is 6.04. The van der Waals surface area contributed by atoms with Gasteiger partial charge >= 0.3 is 0 Å². The summed E-state index contributed by atoms with van der Waals surface area (Å²) in [5.41, 5.74) is 4.24. The molecule has 0 radical (unpaired) electrons. The summed E-state index contributed by atoms with van der Waals surface area (Å²) in [6.07, 6.45) is 1.70. The Labute approximate surface area is 166 Å². The van der Waals surface area contributed by atoms with E-state index in [-0.39, 0.29) is 17.2 Å². The monoisotopic (exact) mass is 417 g/mol. The highest BCUT2D eigenvalue weighted by atomic mass is 32.2. The number of hydrogen-bond acceptors (Lipinski definition) is 7. The molecule has 0 saturated heterocycles. The van der Waals surface area contributed by atoms with Crippen molar-refractivity contribution in [3.05, 3.63) is 62.8 Å². The van der Waals surface area contributed by atoms with E-state index in [9.17, 15) is 9.59 Å². The quantitative estimate of drug-likeness (QED) is 0.505. The van der Waals surface area contributed by atoms with Crippen molar-refractivity contribution in [2.45, 2.75) is 5.75 Å². The van der Waals surface area contributed by atoms with E-state index in [2.05, 4.69) is 15.5 Å². The Morgan fingerprint density at radius 1 is 1.37 bits per heavy atom. The first-order chi connectivity index (χ1) is 13.1. The minimum absolute atomic E-state index is 0.103. The van der Waals surface area contributed by atoms with E-state index in [1.54, 1.807) is 6.20 Å². The molecule has 0 aliphatic heterocycles.